The zero-order valence-electron chi connectivity index (χ0n) is 14.6. The SMILES string of the molecule is CCOC(=O)/C=C/c1cncc(N(C)c2cc(C(=O)OC)cc(Cl)n2)c1. The van der Waals surface area contributed by atoms with Gasteiger partial charge < -0.3 is 14.4 Å². The summed E-state index contributed by atoms with van der Waals surface area (Å²) >= 11 is 6.00. The van der Waals surface area contributed by atoms with Crippen molar-refractivity contribution in [3.8, 4) is 0 Å². The van der Waals surface area contributed by atoms with Crippen molar-refractivity contribution in [3.05, 3.63) is 52.9 Å². The molecule has 2 heterocycles. The van der Waals surface area contributed by atoms with Gasteiger partial charge in [-0.25, -0.2) is 14.6 Å². The Bertz CT molecular complexity index is 839. The average Bonchev–Trinajstić information content (AvgIpc) is 2.65. The van der Waals surface area contributed by atoms with Gasteiger partial charge in [0.05, 0.1) is 31.2 Å². The van der Waals surface area contributed by atoms with Crippen LogP contribution in [-0.4, -0.2) is 42.7 Å². The number of esters is 2. The van der Waals surface area contributed by atoms with Gasteiger partial charge in [-0.05, 0) is 36.8 Å². The molecule has 2 aromatic heterocycles. The Kier molecular flexibility index (Phi) is 6.68. The summed E-state index contributed by atoms with van der Waals surface area (Å²) in [6.07, 6.45) is 6.17. The third-order valence-corrected chi connectivity index (χ3v) is 3.57. The lowest BCUT2D eigenvalue weighted by atomic mass is 10.2. The molecule has 0 spiro atoms. The van der Waals surface area contributed by atoms with Crippen LogP contribution in [0, 0.1) is 0 Å². The number of halogens is 1. The molecule has 0 aliphatic heterocycles. The Hall–Kier alpha value is -2.93. The fourth-order valence-electron chi connectivity index (χ4n) is 2.10. The van der Waals surface area contributed by atoms with Crippen LogP contribution in [0.5, 0.6) is 0 Å². The predicted molar refractivity (Wildman–Crippen MR) is 98.6 cm³/mol. The van der Waals surface area contributed by atoms with Crippen LogP contribution in [0.15, 0.2) is 36.7 Å². The number of rotatable bonds is 6. The third-order valence-electron chi connectivity index (χ3n) is 3.38. The molecule has 0 aromatic carbocycles. The Morgan fingerprint density at radius 2 is 2.04 bits per heavy atom. The minimum Gasteiger partial charge on any atom is -0.465 e. The molecule has 0 bridgehead atoms. The zero-order valence-corrected chi connectivity index (χ0v) is 15.4. The van der Waals surface area contributed by atoms with Gasteiger partial charge in [0.2, 0.25) is 0 Å². The highest BCUT2D eigenvalue weighted by Crippen LogP contribution is 2.25. The normalized spacial score (nSPS) is 10.6. The number of ether oxygens (including phenoxy) is 2. The molecule has 26 heavy (non-hydrogen) atoms. The van der Waals surface area contributed by atoms with Gasteiger partial charge in [0.25, 0.3) is 0 Å². The summed E-state index contributed by atoms with van der Waals surface area (Å²) in [7, 11) is 3.05. The lowest BCUT2D eigenvalue weighted by Gasteiger charge is -2.19. The minimum atomic E-state index is -0.506. The summed E-state index contributed by atoms with van der Waals surface area (Å²) in [5, 5.41) is 0.168. The number of hydrogen-bond acceptors (Lipinski definition) is 7. The molecule has 0 unspecified atom stereocenters. The summed E-state index contributed by atoms with van der Waals surface area (Å²) in [5.41, 5.74) is 1.69. The maximum Gasteiger partial charge on any atom is 0.338 e. The fourth-order valence-corrected chi connectivity index (χ4v) is 2.30. The first-order valence-corrected chi connectivity index (χ1v) is 8.12. The molecule has 0 aliphatic rings. The summed E-state index contributed by atoms with van der Waals surface area (Å²) in [6.45, 7) is 2.05. The molecule has 0 saturated carbocycles. The van der Waals surface area contributed by atoms with E-state index < -0.39 is 11.9 Å². The monoisotopic (exact) mass is 375 g/mol. The minimum absolute atomic E-state index is 0.168. The van der Waals surface area contributed by atoms with E-state index in [0.29, 0.717) is 29.2 Å². The van der Waals surface area contributed by atoms with Gasteiger partial charge in [-0.15, -0.1) is 0 Å². The number of methoxy groups -OCH3 is 1. The van der Waals surface area contributed by atoms with E-state index in [1.54, 1.807) is 43.4 Å². The Morgan fingerprint density at radius 3 is 2.73 bits per heavy atom. The average molecular weight is 376 g/mol. The number of carbonyl (C=O) groups excluding carboxylic acids is 2. The number of anilines is 2. The van der Waals surface area contributed by atoms with E-state index in [4.69, 9.17) is 21.1 Å². The summed E-state index contributed by atoms with van der Waals surface area (Å²) < 4.78 is 9.56. The van der Waals surface area contributed by atoms with Gasteiger partial charge in [-0.3, -0.25) is 4.98 Å². The molecule has 8 heteroatoms. The molecule has 2 aromatic rings. The lowest BCUT2D eigenvalue weighted by Crippen LogP contribution is -2.13. The van der Waals surface area contributed by atoms with Crippen LogP contribution in [-0.2, 0) is 14.3 Å². The fraction of sp³-hybridized carbons (Fsp3) is 0.222. The first kappa shape index (κ1) is 19.4. The number of aromatic nitrogens is 2. The van der Waals surface area contributed by atoms with Crippen LogP contribution in [0.4, 0.5) is 11.5 Å². The number of carbonyl (C=O) groups is 2. The molecule has 7 nitrogen and oxygen atoms in total. The van der Waals surface area contributed by atoms with Crippen LogP contribution in [0.2, 0.25) is 5.15 Å². The van der Waals surface area contributed by atoms with Crippen LogP contribution >= 0.6 is 11.6 Å². The van der Waals surface area contributed by atoms with Crippen molar-refractivity contribution < 1.29 is 19.1 Å². The standard InChI is InChI=1S/C18H18ClN3O4/c1-4-26-17(23)6-5-12-7-14(11-20-10-12)22(2)16-9-13(18(24)25-3)8-15(19)21-16/h5-11H,4H2,1-3H3/b6-5+. The third kappa shape index (κ3) is 5.03. The van der Waals surface area contributed by atoms with E-state index >= 15 is 0 Å². The molecule has 136 valence electrons. The molecule has 0 aliphatic carbocycles. The van der Waals surface area contributed by atoms with Gasteiger partial charge in [0, 0.05) is 19.3 Å². The molecule has 0 amide bonds. The second kappa shape index (κ2) is 8.96. The van der Waals surface area contributed by atoms with E-state index in [0.717, 1.165) is 0 Å². The van der Waals surface area contributed by atoms with Crippen molar-refractivity contribution in [2.75, 3.05) is 25.7 Å². The maximum absolute atomic E-state index is 11.7. The molecular weight excluding hydrogens is 358 g/mol. The van der Waals surface area contributed by atoms with E-state index in [1.807, 2.05) is 6.07 Å². The maximum atomic E-state index is 11.7. The Balaban J connectivity index is 2.29. The molecular formula is C18H18ClN3O4. The van der Waals surface area contributed by atoms with Crippen molar-refractivity contribution in [3.63, 3.8) is 0 Å². The van der Waals surface area contributed by atoms with Crippen molar-refractivity contribution in [2.24, 2.45) is 0 Å². The Morgan fingerprint density at radius 1 is 1.27 bits per heavy atom. The summed E-state index contributed by atoms with van der Waals surface area (Å²) in [4.78, 5) is 33.2. The van der Waals surface area contributed by atoms with Crippen molar-refractivity contribution in [1.82, 2.24) is 9.97 Å². The second-order valence-electron chi connectivity index (χ2n) is 5.15. The first-order chi connectivity index (χ1) is 12.4. The van der Waals surface area contributed by atoms with E-state index in [2.05, 4.69) is 9.97 Å². The summed E-state index contributed by atoms with van der Waals surface area (Å²) in [6, 6.07) is 4.81. The molecule has 0 fully saturated rings. The summed E-state index contributed by atoms with van der Waals surface area (Å²) in [5.74, 6) is -0.482. The van der Waals surface area contributed by atoms with Gasteiger partial charge in [0.15, 0.2) is 0 Å². The molecule has 0 radical (unpaired) electrons. The van der Waals surface area contributed by atoms with Crippen LogP contribution in [0.3, 0.4) is 0 Å². The molecule has 0 saturated heterocycles. The molecule has 0 atom stereocenters. The molecule has 0 N–H and O–H groups in total. The first-order valence-electron chi connectivity index (χ1n) is 7.74. The van der Waals surface area contributed by atoms with Crippen LogP contribution < -0.4 is 4.90 Å². The predicted octanol–water partition coefficient (Wildman–Crippen LogP) is 3.26. The van der Waals surface area contributed by atoms with Gasteiger partial charge in [0.1, 0.15) is 11.0 Å². The number of pyridine rings is 2. The highest BCUT2D eigenvalue weighted by Gasteiger charge is 2.13. The van der Waals surface area contributed by atoms with Crippen LogP contribution in [0.25, 0.3) is 6.08 Å². The quantitative estimate of drug-likeness (QED) is 0.435. The van der Waals surface area contributed by atoms with Crippen LogP contribution in [0.1, 0.15) is 22.8 Å². The van der Waals surface area contributed by atoms with Crippen molar-refractivity contribution in [1.29, 1.82) is 0 Å². The van der Waals surface area contributed by atoms with Gasteiger partial charge >= 0.3 is 11.9 Å². The Labute approximate surface area is 156 Å². The smallest absolute Gasteiger partial charge is 0.338 e. The highest BCUT2D eigenvalue weighted by atomic mass is 35.5. The number of hydrogen-bond donors (Lipinski definition) is 0. The highest BCUT2D eigenvalue weighted by molar-refractivity contribution is 6.29. The topological polar surface area (TPSA) is 81.6 Å². The van der Waals surface area contributed by atoms with E-state index in [9.17, 15) is 9.59 Å². The van der Waals surface area contributed by atoms with Gasteiger partial charge in [-0.2, -0.15) is 0 Å². The van der Waals surface area contributed by atoms with E-state index in [-0.39, 0.29) is 5.15 Å². The van der Waals surface area contributed by atoms with Gasteiger partial charge in [-0.1, -0.05) is 11.6 Å². The zero-order chi connectivity index (χ0) is 19.1. The largest absolute Gasteiger partial charge is 0.465 e. The molecule has 2 rings (SSSR count). The van der Waals surface area contributed by atoms with Crippen molar-refractivity contribution >= 4 is 41.1 Å². The van der Waals surface area contributed by atoms with E-state index in [1.165, 1.54) is 19.3 Å². The lowest BCUT2D eigenvalue weighted by molar-refractivity contribution is -0.137. The second-order valence-corrected chi connectivity index (χ2v) is 5.54. The van der Waals surface area contributed by atoms with Crippen molar-refractivity contribution in [2.45, 2.75) is 6.92 Å². The number of nitrogens with zero attached hydrogens (tertiary/aromatic N) is 3.